The quantitative estimate of drug-likeness (QED) is 0.674. The van der Waals surface area contributed by atoms with E-state index in [1.807, 2.05) is 17.5 Å². The van der Waals surface area contributed by atoms with Gasteiger partial charge in [-0.1, -0.05) is 12.1 Å². The second kappa shape index (κ2) is 7.37. The molecule has 0 bridgehead atoms. The molecule has 6 nitrogen and oxygen atoms in total. The van der Waals surface area contributed by atoms with Crippen LogP contribution in [0, 0.1) is 0 Å². The zero-order valence-electron chi connectivity index (χ0n) is 12.0. The summed E-state index contributed by atoms with van der Waals surface area (Å²) < 4.78 is 9.14. The average molecular weight is 318 g/mol. The Morgan fingerprint density at radius 2 is 1.91 bits per heavy atom. The van der Waals surface area contributed by atoms with Crippen molar-refractivity contribution in [2.24, 2.45) is 0 Å². The molecule has 7 heteroatoms. The van der Waals surface area contributed by atoms with Gasteiger partial charge in [-0.05, 0) is 12.1 Å². The fourth-order valence-corrected chi connectivity index (χ4v) is 2.23. The minimum absolute atomic E-state index is 0.00393. The first-order valence-electron chi connectivity index (χ1n) is 6.27. The zero-order chi connectivity index (χ0) is 15.9. The summed E-state index contributed by atoms with van der Waals surface area (Å²) in [6, 6.07) is 7.29. The number of esters is 2. The Labute approximate surface area is 131 Å². The van der Waals surface area contributed by atoms with Gasteiger partial charge in [0.1, 0.15) is 5.70 Å². The summed E-state index contributed by atoms with van der Waals surface area (Å²) in [5.74, 6) is -1.30. The number of carbonyl (C=O) groups excluding carboxylic acids is 2. The highest BCUT2D eigenvalue weighted by Crippen LogP contribution is 2.21. The van der Waals surface area contributed by atoms with Crippen molar-refractivity contribution in [3.8, 4) is 11.3 Å². The highest BCUT2D eigenvalue weighted by molar-refractivity contribution is 7.07. The topological polar surface area (TPSA) is 77.5 Å². The van der Waals surface area contributed by atoms with E-state index in [1.165, 1.54) is 25.6 Å². The maximum absolute atomic E-state index is 11.7. The number of aromatic nitrogens is 1. The van der Waals surface area contributed by atoms with Crippen molar-refractivity contribution in [3.05, 3.63) is 46.9 Å². The van der Waals surface area contributed by atoms with Gasteiger partial charge >= 0.3 is 11.9 Å². The number of hydrogen-bond donors (Lipinski definition) is 1. The van der Waals surface area contributed by atoms with Crippen LogP contribution in [0.5, 0.6) is 0 Å². The van der Waals surface area contributed by atoms with Crippen molar-refractivity contribution in [2.45, 2.75) is 0 Å². The Morgan fingerprint density at radius 3 is 2.45 bits per heavy atom. The van der Waals surface area contributed by atoms with Gasteiger partial charge in [-0.3, -0.25) is 0 Å². The highest BCUT2D eigenvalue weighted by atomic mass is 32.1. The molecule has 0 aliphatic carbocycles. The first-order chi connectivity index (χ1) is 10.6. The third-order valence-electron chi connectivity index (χ3n) is 2.76. The van der Waals surface area contributed by atoms with Crippen LogP contribution in [0.1, 0.15) is 0 Å². The highest BCUT2D eigenvalue weighted by Gasteiger charge is 2.12. The van der Waals surface area contributed by atoms with Crippen LogP contribution in [0.25, 0.3) is 11.3 Å². The number of ether oxygens (including phenoxy) is 2. The van der Waals surface area contributed by atoms with E-state index in [1.54, 1.807) is 17.6 Å². The molecule has 2 aromatic rings. The largest absolute Gasteiger partial charge is 0.466 e. The van der Waals surface area contributed by atoms with Crippen LogP contribution >= 0.6 is 11.3 Å². The molecule has 0 aliphatic rings. The third-order valence-corrected chi connectivity index (χ3v) is 3.35. The fourth-order valence-electron chi connectivity index (χ4n) is 1.67. The molecule has 0 atom stereocenters. The maximum atomic E-state index is 11.7. The Balaban J connectivity index is 2.18. The summed E-state index contributed by atoms with van der Waals surface area (Å²) in [6.45, 7) is 0. The third kappa shape index (κ3) is 3.92. The second-order valence-electron chi connectivity index (χ2n) is 4.15. The summed E-state index contributed by atoms with van der Waals surface area (Å²) in [5.41, 5.74) is 4.24. The van der Waals surface area contributed by atoms with Crippen LogP contribution in [0.2, 0.25) is 0 Å². The second-order valence-corrected chi connectivity index (χ2v) is 4.87. The number of nitrogens with zero attached hydrogens (tertiary/aromatic N) is 1. The molecule has 1 N–H and O–H groups in total. The molecule has 2 rings (SSSR count). The molecule has 0 amide bonds. The molecule has 0 saturated heterocycles. The molecule has 1 aromatic carbocycles. The molecule has 1 heterocycles. The van der Waals surface area contributed by atoms with Crippen molar-refractivity contribution >= 4 is 29.0 Å². The molecule has 0 saturated carbocycles. The molecule has 114 valence electrons. The molecule has 22 heavy (non-hydrogen) atoms. The summed E-state index contributed by atoms with van der Waals surface area (Å²) in [6.07, 6.45) is 1.04. The summed E-state index contributed by atoms with van der Waals surface area (Å²) in [4.78, 5) is 27.2. The number of rotatable bonds is 5. The first-order valence-corrected chi connectivity index (χ1v) is 7.22. The normalized spacial score (nSPS) is 10.9. The number of nitrogens with one attached hydrogen (secondary N) is 1. The molecule has 1 aromatic heterocycles. The van der Waals surface area contributed by atoms with Crippen LogP contribution in [0.15, 0.2) is 46.9 Å². The van der Waals surface area contributed by atoms with E-state index < -0.39 is 11.9 Å². The van der Waals surface area contributed by atoms with Crippen molar-refractivity contribution in [2.75, 3.05) is 19.5 Å². The lowest BCUT2D eigenvalue weighted by atomic mass is 10.1. The lowest BCUT2D eigenvalue weighted by Gasteiger charge is -2.09. The molecule has 0 aliphatic heterocycles. The predicted octanol–water partition coefficient (Wildman–Crippen LogP) is 2.45. The Hall–Kier alpha value is -2.67. The molecule has 0 radical (unpaired) electrons. The summed E-state index contributed by atoms with van der Waals surface area (Å²) in [5, 5.41) is 4.78. The van der Waals surface area contributed by atoms with Crippen molar-refractivity contribution in [3.63, 3.8) is 0 Å². The van der Waals surface area contributed by atoms with E-state index in [4.69, 9.17) is 0 Å². The SMILES string of the molecule is COC(=O)/C=C(/Nc1ccc(-c2cscn2)cc1)C(=O)OC. The van der Waals surface area contributed by atoms with Gasteiger partial charge in [0.2, 0.25) is 0 Å². The number of benzene rings is 1. The maximum Gasteiger partial charge on any atom is 0.354 e. The predicted molar refractivity (Wildman–Crippen MR) is 83.3 cm³/mol. The summed E-state index contributed by atoms with van der Waals surface area (Å²) >= 11 is 1.52. The molecule has 0 fully saturated rings. The number of carbonyl (C=O) groups is 2. The van der Waals surface area contributed by atoms with Crippen LogP contribution in [0.3, 0.4) is 0 Å². The minimum atomic E-state index is -0.658. The smallest absolute Gasteiger partial charge is 0.354 e. The van der Waals surface area contributed by atoms with E-state index in [9.17, 15) is 9.59 Å². The molecular formula is C15H14N2O4S. The van der Waals surface area contributed by atoms with E-state index in [0.717, 1.165) is 17.3 Å². The molecule has 0 unspecified atom stereocenters. The average Bonchev–Trinajstić information content (AvgIpc) is 3.08. The number of anilines is 1. The Bertz CT molecular complexity index is 678. The Kier molecular flexibility index (Phi) is 5.26. The van der Waals surface area contributed by atoms with Crippen LogP contribution < -0.4 is 5.32 Å². The van der Waals surface area contributed by atoms with E-state index in [0.29, 0.717) is 5.69 Å². The zero-order valence-corrected chi connectivity index (χ0v) is 12.8. The van der Waals surface area contributed by atoms with Gasteiger partial charge in [0, 0.05) is 16.6 Å². The van der Waals surface area contributed by atoms with E-state index in [2.05, 4.69) is 19.8 Å². The van der Waals surface area contributed by atoms with E-state index in [-0.39, 0.29) is 5.70 Å². The van der Waals surface area contributed by atoms with Gasteiger partial charge in [0.15, 0.2) is 0 Å². The van der Waals surface area contributed by atoms with Crippen LogP contribution in [-0.4, -0.2) is 31.1 Å². The van der Waals surface area contributed by atoms with Gasteiger partial charge in [-0.25, -0.2) is 14.6 Å². The first kappa shape index (κ1) is 15.7. The number of thiazole rings is 1. The number of hydrogen-bond acceptors (Lipinski definition) is 7. The lowest BCUT2D eigenvalue weighted by molar-refractivity contribution is -0.138. The standard InChI is InChI=1S/C15H14N2O4S/c1-20-14(18)7-12(15(19)21-2)17-11-5-3-10(4-6-11)13-8-22-9-16-13/h3-9,17H,1-2H3/b12-7+. The van der Waals surface area contributed by atoms with Crippen LogP contribution in [-0.2, 0) is 19.1 Å². The summed E-state index contributed by atoms with van der Waals surface area (Å²) in [7, 11) is 2.47. The van der Waals surface area contributed by atoms with Gasteiger partial charge in [-0.15, -0.1) is 11.3 Å². The van der Waals surface area contributed by atoms with Crippen molar-refractivity contribution in [1.82, 2.24) is 4.98 Å². The van der Waals surface area contributed by atoms with E-state index >= 15 is 0 Å². The van der Waals surface area contributed by atoms with Crippen molar-refractivity contribution in [1.29, 1.82) is 0 Å². The number of methoxy groups -OCH3 is 2. The molecule has 0 spiro atoms. The lowest BCUT2D eigenvalue weighted by Crippen LogP contribution is -2.15. The van der Waals surface area contributed by atoms with Gasteiger partial charge in [0.05, 0.1) is 31.5 Å². The Morgan fingerprint density at radius 1 is 1.18 bits per heavy atom. The monoisotopic (exact) mass is 318 g/mol. The van der Waals surface area contributed by atoms with Crippen molar-refractivity contribution < 1.29 is 19.1 Å². The van der Waals surface area contributed by atoms with Gasteiger partial charge in [-0.2, -0.15) is 0 Å². The fraction of sp³-hybridized carbons (Fsp3) is 0.133. The minimum Gasteiger partial charge on any atom is -0.466 e. The van der Waals surface area contributed by atoms with Gasteiger partial charge < -0.3 is 14.8 Å². The van der Waals surface area contributed by atoms with Crippen LogP contribution in [0.4, 0.5) is 5.69 Å². The van der Waals surface area contributed by atoms with Gasteiger partial charge in [0.25, 0.3) is 0 Å². The molecular weight excluding hydrogens is 304 g/mol.